The van der Waals surface area contributed by atoms with Crippen LogP contribution >= 0.6 is 11.3 Å². The van der Waals surface area contributed by atoms with Gasteiger partial charge in [0, 0.05) is 17.5 Å². The largest absolute Gasteiger partial charge is 0.250 e. The molecule has 9 heavy (non-hydrogen) atoms. The van der Waals surface area contributed by atoms with Gasteiger partial charge in [-0.1, -0.05) is 0 Å². The lowest BCUT2D eigenvalue weighted by Crippen LogP contribution is -1.72. The fourth-order valence-corrected chi connectivity index (χ4v) is 1.94. The van der Waals surface area contributed by atoms with Crippen LogP contribution in [0.25, 0.3) is 0 Å². The molecule has 2 rings (SSSR count). The number of hydrogen-bond donors (Lipinski definition) is 0. The lowest BCUT2D eigenvalue weighted by molar-refractivity contribution is 1.44. The van der Waals surface area contributed by atoms with Crippen molar-refractivity contribution in [3.05, 3.63) is 16.5 Å². The van der Waals surface area contributed by atoms with E-state index in [-0.39, 0.29) is 0 Å². The molecule has 2 heterocycles. The van der Waals surface area contributed by atoms with E-state index in [9.17, 15) is 0 Å². The number of fused-ring (bicyclic) bond motifs is 1. The van der Waals surface area contributed by atoms with Crippen LogP contribution in [0.15, 0.2) is 11.1 Å². The van der Waals surface area contributed by atoms with Gasteiger partial charge in [-0.25, -0.2) is 4.99 Å². The van der Waals surface area contributed by atoms with Crippen molar-refractivity contribution in [3.63, 3.8) is 0 Å². The molecule has 0 saturated carbocycles. The maximum Gasteiger partial charge on any atom is 0.119 e. The molecule has 1 aromatic heterocycles. The van der Waals surface area contributed by atoms with Gasteiger partial charge >= 0.3 is 0 Å². The van der Waals surface area contributed by atoms with Gasteiger partial charge in [-0.05, 0) is 18.6 Å². The number of rotatable bonds is 0. The van der Waals surface area contributed by atoms with Gasteiger partial charge in [0.1, 0.15) is 5.00 Å². The smallest absolute Gasteiger partial charge is 0.119 e. The second-order valence-electron chi connectivity index (χ2n) is 2.20. The van der Waals surface area contributed by atoms with Crippen molar-refractivity contribution in [3.8, 4) is 0 Å². The summed E-state index contributed by atoms with van der Waals surface area (Å²) in [7, 11) is 0. The average molecular weight is 137 g/mol. The summed E-state index contributed by atoms with van der Waals surface area (Å²) in [6.07, 6.45) is 3.01. The molecule has 0 spiro atoms. The van der Waals surface area contributed by atoms with Crippen molar-refractivity contribution in [2.45, 2.75) is 13.3 Å². The van der Waals surface area contributed by atoms with E-state index in [1.54, 1.807) is 11.3 Å². The third-order valence-corrected chi connectivity index (χ3v) is 2.43. The highest BCUT2D eigenvalue weighted by Crippen LogP contribution is 2.33. The van der Waals surface area contributed by atoms with E-state index in [1.807, 2.05) is 6.21 Å². The minimum absolute atomic E-state index is 1.04. The van der Waals surface area contributed by atoms with Gasteiger partial charge in [0.05, 0.1) is 0 Å². The molecule has 0 unspecified atom stereocenters. The second kappa shape index (κ2) is 1.67. The standard InChI is InChI=1S/C7H7NS/c1-5-4-6-2-3-8-7(6)9-5/h3-4H,2H2,1H3. The van der Waals surface area contributed by atoms with Crippen molar-refractivity contribution in [1.29, 1.82) is 0 Å². The Bertz CT molecular complexity index is 260. The summed E-state index contributed by atoms with van der Waals surface area (Å²) < 4.78 is 0. The molecule has 1 nitrogen and oxygen atoms in total. The highest BCUT2D eigenvalue weighted by atomic mass is 32.1. The van der Waals surface area contributed by atoms with E-state index in [0.717, 1.165) is 6.42 Å². The molecule has 0 saturated heterocycles. The highest BCUT2D eigenvalue weighted by Gasteiger charge is 2.07. The van der Waals surface area contributed by atoms with Gasteiger partial charge in [0.2, 0.25) is 0 Å². The van der Waals surface area contributed by atoms with E-state index in [1.165, 1.54) is 15.4 Å². The molecule has 0 amide bonds. The predicted molar refractivity (Wildman–Crippen MR) is 40.9 cm³/mol. The summed E-state index contributed by atoms with van der Waals surface area (Å²) in [5, 5.41) is 1.22. The van der Waals surface area contributed by atoms with Crippen molar-refractivity contribution in [2.75, 3.05) is 0 Å². The summed E-state index contributed by atoms with van der Waals surface area (Å²) in [5.74, 6) is 0. The molecule has 0 atom stereocenters. The number of aliphatic imine (C=N–C) groups is 1. The summed E-state index contributed by atoms with van der Waals surface area (Å²) in [4.78, 5) is 5.59. The van der Waals surface area contributed by atoms with Gasteiger partial charge in [0.15, 0.2) is 0 Å². The van der Waals surface area contributed by atoms with Gasteiger partial charge in [-0.15, -0.1) is 11.3 Å². The molecule has 0 bridgehead atoms. The normalized spacial score (nSPS) is 14.3. The van der Waals surface area contributed by atoms with Crippen LogP contribution in [0.4, 0.5) is 5.00 Å². The monoisotopic (exact) mass is 137 g/mol. The second-order valence-corrected chi connectivity index (χ2v) is 3.44. The van der Waals surface area contributed by atoms with Crippen LogP contribution in [0.1, 0.15) is 10.4 Å². The SMILES string of the molecule is Cc1cc2c(s1)N=CC2. The lowest BCUT2D eigenvalue weighted by atomic mass is 10.2. The quantitative estimate of drug-likeness (QED) is 0.520. The maximum atomic E-state index is 4.21. The highest BCUT2D eigenvalue weighted by molar-refractivity contribution is 7.16. The summed E-state index contributed by atoms with van der Waals surface area (Å²) in [6, 6.07) is 2.22. The van der Waals surface area contributed by atoms with E-state index in [2.05, 4.69) is 18.0 Å². The van der Waals surface area contributed by atoms with Crippen LogP contribution in [0, 0.1) is 6.92 Å². The number of thiophene rings is 1. The molecule has 0 fully saturated rings. The molecule has 46 valence electrons. The first kappa shape index (κ1) is 5.18. The first-order valence-electron chi connectivity index (χ1n) is 2.98. The van der Waals surface area contributed by atoms with Crippen LogP contribution in [0.2, 0.25) is 0 Å². The van der Waals surface area contributed by atoms with Crippen molar-refractivity contribution in [1.82, 2.24) is 0 Å². The molecular weight excluding hydrogens is 130 g/mol. The van der Waals surface area contributed by atoms with E-state index in [4.69, 9.17) is 0 Å². The van der Waals surface area contributed by atoms with Gasteiger partial charge in [-0.3, -0.25) is 0 Å². The van der Waals surface area contributed by atoms with Crippen molar-refractivity contribution < 1.29 is 0 Å². The Morgan fingerprint density at radius 2 is 2.56 bits per heavy atom. The van der Waals surface area contributed by atoms with E-state index in [0.29, 0.717) is 0 Å². The third-order valence-electron chi connectivity index (χ3n) is 1.43. The Kier molecular flexibility index (Phi) is 0.963. The first-order valence-corrected chi connectivity index (χ1v) is 3.80. The Hall–Kier alpha value is -0.630. The Balaban J connectivity index is 2.61. The molecule has 0 N–H and O–H groups in total. The maximum absolute atomic E-state index is 4.21. The molecule has 1 aliphatic heterocycles. The molecule has 0 aromatic carbocycles. The van der Waals surface area contributed by atoms with Crippen LogP contribution < -0.4 is 0 Å². The first-order chi connectivity index (χ1) is 4.36. The number of aryl methyl sites for hydroxylation is 1. The van der Waals surface area contributed by atoms with E-state index < -0.39 is 0 Å². The minimum Gasteiger partial charge on any atom is -0.250 e. The molecule has 1 aromatic rings. The lowest BCUT2D eigenvalue weighted by Gasteiger charge is -1.77. The third kappa shape index (κ3) is 0.704. The zero-order chi connectivity index (χ0) is 6.27. The molecule has 1 aliphatic rings. The minimum atomic E-state index is 1.04. The van der Waals surface area contributed by atoms with Crippen LogP contribution in [0.5, 0.6) is 0 Å². The van der Waals surface area contributed by atoms with Gasteiger partial charge in [0.25, 0.3) is 0 Å². The predicted octanol–water partition coefficient (Wildman–Crippen LogP) is 2.31. The Morgan fingerprint density at radius 3 is 3.33 bits per heavy atom. The zero-order valence-electron chi connectivity index (χ0n) is 5.22. The molecule has 0 aliphatic carbocycles. The van der Waals surface area contributed by atoms with E-state index >= 15 is 0 Å². The zero-order valence-corrected chi connectivity index (χ0v) is 6.03. The summed E-state index contributed by atoms with van der Waals surface area (Å²) in [5.41, 5.74) is 1.40. The van der Waals surface area contributed by atoms with Crippen LogP contribution in [0.3, 0.4) is 0 Å². The molecule has 0 radical (unpaired) electrons. The fourth-order valence-electron chi connectivity index (χ4n) is 1.04. The van der Waals surface area contributed by atoms with Gasteiger partial charge < -0.3 is 0 Å². The van der Waals surface area contributed by atoms with Crippen molar-refractivity contribution in [2.24, 2.45) is 4.99 Å². The van der Waals surface area contributed by atoms with Crippen LogP contribution in [-0.2, 0) is 6.42 Å². The topological polar surface area (TPSA) is 12.4 Å². The molecule has 2 heteroatoms. The summed E-state index contributed by atoms with van der Waals surface area (Å²) in [6.45, 7) is 2.12. The Labute approximate surface area is 58.1 Å². The number of nitrogens with zero attached hydrogens (tertiary/aromatic N) is 1. The van der Waals surface area contributed by atoms with Gasteiger partial charge in [-0.2, -0.15) is 0 Å². The average Bonchev–Trinajstić information content (AvgIpc) is 2.22. The van der Waals surface area contributed by atoms with Crippen molar-refractivity contribution >= 4 is 22.6 Å². The summed E-state index contributed by atoms with van der Waals surface area (Å²) >= 11 is 1.78. The fraction of sp³-hybridized carbons (Fsp3) is 0.286. The number of hydrogen-bond acceptors (Lipinski definition) is 2. The van der Waals surface area contributed by atoms with Crippen LogP contribution in [-0.4, -0.2) is 6.21 Å². The molecular formula is C7H7NS. The Morgan fingerprint density at radius 1 is 1.67 bits per heavy atom.